The van der Waals surface area contributed by atoms with Gasteiger partial charge in [-0.1, -0.05) is 0 Å². The Labute approximate surface area is 174 Å². The zero-order chi connectivity index (χ0) is 17.1. The molecule has 154 valence electrons. The molecule has 4 rings (SSSR count). The van der Waals surface area contributed by atoms with E-state index in [-0.39, 0.29) is 24.8 Å². The van der Waals surface area contributed by atoms with Crippen LogP contribution >= 0.6 is 24.8 Å². The van der Waals surface area contributed by atoms with Gasteiger partial charge in [-0.15, -0.1) is 24.8 Å². The van der Waals surface area contributed by atoms with Gasteiger partial charge in [0.1, 0.15) is 12.1 Å². The van der Waals surface area contributed by atoms with Gasteiger partial charge < -0.3 is 15.3 Å². The molecule has 2 saturated heterocycles. The second kappa shape index (κ2) is 10.8. The maximum Gasteiger partial charge on any atom is 0.135 e. The Hall–Kier alpha value is -0.660. The van der Waals surface area contributed by atoms with Crippen LogP contribution in [-0.2, 0) is 12.8 Å². The van der Waals surface area contributed by atoms with Crippen LogP contribution in [0.25, 0.3) is 0 Å². The summed E-state index contributed by atoms with van der Waals surface area (Å²) in [5.41, 5.74) is 2.60. The molecule has 2 fully saturated rings. The van der Waals surface area contributed by atoms with E-state index in [4.69, 9.17) is 0 Å². The Bertz CT molecular complexity index is 583. The number of aliphatic hydroxyl groups is 1. The summed E-state index contributed by atoms with van der Waals surface area (Å²) in [5, 5.41) is 12.9. The molecular formula is C19H33Cl2N5O. The van der Waals surface area contributed by atoms with Crippen molar-refractivity contribution in [1.29, 1.82) is 0 Å². The highest BCUT2D eigenvalue weighted by Gasteiger charge is 2.30. The summed E-state index contributed by atoms with van der Waals surface area (Å²) in [5.74, 6) is 1.66. The summed E-state index contributed by atoms with van der Waals surface area (Å²) < 4.78 is 0. The van der Waals surface area contributed by atoms with Crippen molar-refractivity contribution in [3.05, 3.63) is 17.6 Å². The summed E-state index contributed by atoms with van der Waals surface area (Å²) in [6.45, 7) is 6.85. The van der Waals surface area contributed by atoms with Crippen LogP contribution in [0.2, 0.25) is 0 Å². The number of nitrogens with zero attached hydrogens (tertiary/aromatic N) is 4. The quantitative estimate of drug-likeness (QED) is 0.779. The van der Waals surface area contributed by atoms with Gasteiger partial charge in [0.05, 0.1) is 5.69 Å². The zero-order valence-electron chi connectivity index (χ0n) is 16.0. The maximum atomic E-state index is 9.48. The van der Waals surface area contributed by atoms with Gasteiger partial charge in [-0.2, -0.15) is 0 Å². The van der Waals surface area contributed by atoms with Crippen molar-refractivity contribution in [3.8, 4) is 0 Å². The van der Waals surface area contributed by atoms with Crippen molar-refractivity contribution in [3.63, 3.8) is 0 Å². The SMILES string of the molecule is Cl.Cl.OCC1CCCN(C2CCN(c3ncnc4c3CCNCC4)CC2)C1. The second-order valence-electron chi connectivity index (χ2n) is 7.78. The van der Waals surface area contributed by atoms with Crippen LogP contribution in [0, 0.1) is 5.92 Å². The third-order valence-corrected chi connectivity index (χ3v) is 6.19. The van der Waals surface area contributed by atoms with Gasteiger partial charge in [0.15, 0.2) is 0 Å². The topological polar surface area (TPSA) is 64.5 Å². The summed E-state index contributed by atoms with van der Waals surface area (Å²) >= 11 is 0. The lowest BCUT2D eigenvalue weighted by Crippen LogP contribution is -2.49. The summed E-state index contributed by atoms with van der Waals surface area (Å²) in [4.78, 5) is 14.3. The highest BCUT2D eigenvalue weighted by Crippen LogP contribution is 2.28. The van der Waals surface area contributed by atoms with Crippen LogP contribution in [-0.4, -0.2) is 71.9 Å². The Kier molecular flexibility index (Phi) is 9.02. The minimum Gasteiger partial charge on any atom is -0.396 e. The van der Waals surface area contributed by atoms with Gasteiger partial charge in [0.25, 0.3) is 0 Å². The van der Waals surface area contributed by atoms with Crippen LogP contribution in [0.4, 0.5) is 5.82 Å². The highest BCUT2D eigenvalue weighted by atomic mass is 35.5. The van der Waals surface area contributed by atoms with Crippen molar-refractivity contribution in [1.82, 2.24) is 20.2 Å². The minimum absolute atomic E-state index is 0. The number of fused-ring (bicyclic) bond motifs is 1. The van der Waals surface area contributed by atoms with E-state index in [2.05, 4.69) is 25.1 Å². The van der Waals surface area contributed by atoms with Gasteiger partial charge >= 0.3 is 0 Å². The monoisotopic (exact) mass is 417 g/mol. The van der Waals surface area contributed by atoms with Crippen molar-refractivity contribution in [2.45, 2.75) is 44.6 Å². The molecule has 0 bridgehead atoms. The van der Waals surface area contributed by atoms with Crippen molar-refractivity contribution >= 4 is 30.6 Å². The van der Waals surface area contributed by atoms with Gasteiger partial charge in [0, 0.05) is 50.8 Å². The Morgan fingerprint density at radius 3 is 2.59 bits per heavy atom. The second-order valence-corrected chi connectivity index (χ2v) is 7.78. The molecule has 8 heteroatoms. The molecule has 1 aromatic rings. The molecule has 0 amide bonds. The Balaban J connectivity index is 0.00000131. The number of hydrogen-bond acceptors (Lipinski definition) is 6. The lowest BCUT2D eigenvalue weighted by Gasteiger charge is -2.42. The predicted octanol–water partition coefficient (Wildman–Crippen LogP) is 1.68. The molecular weight excluding hydrogens is 385 g/mol. The van der Waals surface area contributed by atoms with Crippen molar-refractivity contribution in [2.75, 3.05) is 50.8 Å². The van der Waals surface area contributed by atoms with Crippen LogP contribution in [0.5, 0.6) is 0 Å². The predicted molar refractivity (Wildman–Crippen MR) is 113 cm³/mol. The molecule has 0 saturated carbocycles. The molecule has 27 heavy (non-hydrogen) atoms. The van der Waals surface area contributed by atoms with Crippen molar-refractivity contribution < 1.29 is 5.11 Å². The van der Waals surface area contributed by atoms with E-state index in [9.17, 15) is 5.11 Å². The molecule has 6 nitrogen and oxygen atoms in total. The first kappa shape index (κ1) is 22.6. The summed E-state index contributed by atoms with van der Waals surface area (Å²) in [7, 11) is 0. The van der Waals surface area contributed by atoms with Crippen molar-refractivity contribution in [2.24, 2.45) is 5.92 Å². The fraction of sp³-hybridized carbons (Fsp3) is 0.789. The number of anilines is 1. The van der Waals surface area contributed by atoms with E-state index in [1.54, 1.807) is 6.33 Å². The van der Waals surface area contributed by atoms with Gasteiger partial charge in [-0.3, -0.25) is 4.90 Å². The largest absolute Gasteiger partial charge is 0.396 e. The number of halogens is 2. The Morgan fingerprint density at radius 1 is 1.04 bits per heavy atom. The fourth-order valence-corrected chi connectivity index (χ4v) is 4.75. The summed E-state index contributed by atoms with van der Waals surface area (Å²) in [6, 6.07) is 0.674. The van der Waals surface area contributed by atoms with Crippen LogP contribution in [0.15, 0.2) is 6.33 Å². The number of rotatable bonds is 3. The number of nitrogens with one attached hydrogen (secondary N) is 1. The third kappa shape index (κ3) is 5.24. The molecule has 1 unspecified atom stereocenters. The first-order valence-electron chi connectivity index (χ1n) is 9.98. The van der Waals surface area contributed by atoms with Crippen LogP contribution in [0.1, 0.15) is 36.9 Å². The van der Waals surface area contributed by atoms with Crippen LogP contribution in [0.3, 0.4) is 0 Å². The van der Waals surface area contributed by atoms with E-state index in [0.717, 1.165) is 45.6 Å². The molecule has 1 atom stereocenters. The molecule has 0 aliphatic carbocycles. The first-order chi connectivity index (χ1) is 12.3. The van der Waals surface area contributed by atoms with Gasteiger partial charge in [0.2, 0.25) is 0 Å². The molecule has 3 aliphatic heterocycles. The highest BCUT2D eigenvalue weighted by molar-refractivity contribution is 5.85. The molecule has 0 aromatic carbocycles. The molecule has 3 aliphatic rings. The number of piperidine rings is 2. The molecule has 4 heterocycles. The zero-order valence-corrected chi connectivity index (χ0v) is 17.6. The summed E-state index contributed by atoms with van der Waals surface area (Å²) in [6.07, 6.45) is 8.63. The normalized spacial score (nSPS) is 24.3. The average molecular weight is 418 g/mol. The first-order valence-corrected chi connectivity index (χ1v) is 9.98. The van der Waals surface area contributed by atoms with Crippen LogP contribution < -0.4 is 10.2 Å². The molecule has 2 N–H and O–H groups in total. The van der Waals surface area contributed by atoms with Gasteiger partial charge in [-0.25, -0.2) is 9.97 Å². The lowest BCUT2D eigenvalue weighted by molar-refractivity contribution is 0.0777. The number of aliphatic hydroxyl groups excluding tert-OH is 1. The maximum absolute atomic E-state index is 9.48. The molecule has 0 radical (unpaired) electrons. The van der Waals surface area contributed by atoms with E-state index in [1.165, 1.54) is 49.3 Å². The smallest absolute Gasteiger partial charge is 0.135 e. The van der Waals surface area contributed by atoms with E-state index >= 15 is 0 Å². The lowest BCUT2D eigenvalue weighted by atomic mass is 9.94. The molecule has 0 spiro atoms. The average Bonchev–Trinajstić information content (AvgIpc) is 2.93. The Morgan fingerprint density at radius 2 is 1.81 bits per heavy atom. The van der Waals surface area contributed by atoms with E-state index < -0.39 is 0 Å². The fourth-order valence-electron chi connectivity index (χ4n) is 4.75. The van der Waals surface area contributed by atoms with E-state index in [1.807, 2.05) is 0 Å². The van der Waals surface area contributed by atoms with E-state index in [0.29, 0.717) is 18.6 Å². The van der Waals surface area contributed by atoms with Gasteiger partial charge in [-0.05, 0) is 51.1 Å². The molecule has 1 aromatic heterocycles. The number of aromatic nitrogens is 2. The minimum atomic E-state index is 0. The third-order valence-electron chi connectivity index (χ3n) is 6.19. The standard InChI is InChI=1S/C19H31N5O.2ClH/c25-13-15-2-1-9-24(12-15)16-5-10-23(11-6-16)19-17-3-7-20-8-4-18(17)21-14-22-19;;/h14-16,20,25H,1-13H2;2*1H. The number of likely N-dealkylation sites (tertiary alicyclic amines) is 1. The number of hydrogen-bond donors (Lipinski definition) is 2.